The first-order valence-corrected chi connectivity index (χ1v) is 6.07. The fourth-order valence-corrected chi connectivity index (χ4v) is 1.85. The molecule has 0 aromatic rings. The SMILES string of the molecule is CCC(C)(CNC1CCCOC1)C(C)O. The van der Waals surface area contributed by atoms with Crippen molar-refractivity contribution in [2.45, 2.75) is 52.2 Å². The Morgan fingerprint density at radius 2 is 2.33 bits per heavy atom. The van der Waals surface area contributed by atoms with Crippen LogP contribution in [0.4, 0.5) is 0 Å². The molecule has 1 rings (SSSR count). The predicted molar refractivity (Wildman–Crippen MR) is 61.9 cm³/mol. The highest BCUT2D eigenvalue weighted by atomic mass is 16.5. The van der Waals surface area contributed by atoms with Gasteiger partial charge in [0.25, 0.3) is 0 Å². The zero-order valence-corrected chi connectivity index (χ0v) is 10.3. The van der Waals surface area contributed by atoms with Crippen LogP contribution in [0.1, 0.15) is 40.0 Å². The zero-order chi connectivity index (χ0) is 11.3. The van der Waals surface area contributed by atoms with E-state index >= 15 is 0 Å². The maximum absolute atomic E-state index is 9.73. The minimum absolute atomic E-state index is 0.0164. The van der Waals surface area contributed by atoms with E-state index in [0.717, 1.165) is 32.6 Å². The fourth-order valence-electron chi connectivity index (χ4n) is 1.85. The van der Waals surface area contributed by atoms with E-state index < -0.39 is 0 Å². The molecule has 3 heteroatoms. The normalized spacial score (nSPS) is 28.4. The van der Waals surface area contributed by atoms with Crippen LogP contribution < -0.4 is 5.32 Å². The van der Waals surface area contributed by atoms with Gasteiger partial charge in [0.1, 0.15) is 0 Å². The molecule has 0 aromatic heterocycles. The van der Waals surface area contributed by atoms with Gasteiger partial charge in [0.05, 0.1) is 12.7 Å². The van der Waals surface area contributed by atoms with Crippen molar-refractivity contribution in [1.82, 2.24) is 5.32 Å². The molecule has 15 heavy (non-hydrogen) atoms. The number of aliphatic hydroxyl groups excluding tert-OH is 1. The number of rotatable bonds is 5. The van der Waals surface area contributed by atoms with Gasteiger partial charge in [0.2, 0.25) is 0 Å². The van der Waals surface area contributed by atoms with Crippen LogP contribution in [0.5, 0.6) is 0 Å². The van der Waals surface area contributed by atoms with E-state index in [1.807, 2.05) is 6.92 Å². The van der Waals surface area contributed by atoms with Crippen molar-refractivity contribution in [3.8, 4) is 0 Å². The van der Waals surface area contributed by atoms with Crippen LogP contribution in [0, 0.1) is 5.41 Å². The number of aliphatic hydroxyl groups is 1. The Labute approximate surface area is 93.2 Å². The predicted octanol–water partition coefficient (Wildman–Crippen LogP) is 1.55. The van der Waals surface area contributed by atoms with E-state index in [1.54, 1.807) is 0 Å². The smallest absolute Gasteiger partial charge is 0.0619 e. The monoisotopic (exact) mass is 215 g/mol. The lowest BCUT2D eigenvalue weighted by Gasteiger charge is -2.34. The summed E-state index contributed by atoms with van der Waals surface area (Å²) in [7, 11) is 0. The molecule has 0 amide bonds. The van der Waals surface area contributed by atoms with Crippen LogP contribution in [0.2, 0.25) is 0 Å². The van der Waals surface area contributed by atoms with E-state index in [1.165, 1.54) is 6.42 Å². The van der Waals surface area contributed by atoms with E-state index in [9.17, 15) is 5.11 Å². The van der Waals surface area contributed by atoms with E-state index in [-0.39, 0.29) is 11.5 Å². The third kappa shape index (κ3) is 3.74. The molecule has 0 bridgehead atoms. The highest BCUT2D eigenvalue weighted by molar-refractivity contribution is 4.83. The third-order valence-electron chi connectivity index (χ3n) is 3.77. The van der Waals surface area contributed by atoms with Crippen LogP contribution in [0.15, 0.2) is 0 Å². The molecular formula is C12H25NO2. The van der Waals surface area contributed by atoms with Crippen molar-refractivity contribution in [3.63, 3.8) is 0 Å². The molecule has 90 valence electrons. The highest BCUT2D eigenvalue weighted by Gasteiger charge is 2.28. The lowest BCUT2D eigenvalue weighted by Crippen LogP contribution is -2.46. The van der Waals surface area contributed by atoms with Gasteiger partial charge in [-0.25, -0.2) is 0 Å². The van der Waals surface area contributed by atoms with Crippen LogP contribution in [0.25, 0.3) is 0 Å². The summed E-state index contributed by atoms with van der Waals surface area (Å²) in [6.07, 6.45) is 3.07. The van der Waals surface area contributed by atoms with E-state index in [0.29, 0.717) is 6.04 Å². The summed E-state index contributed by atoms with van der Waals surface area (Å²) < 4.78 is 5.42. The molecule has 0 aliphatic carbocycles. The Morgan fingerprint density at radius 3 is 2.80 bits per heavy atom. The molecule has 0 spiro atoms. The van der Waals surface area contributed by atoms with Crippen molar-refractivity contribution in [1.29, 1.82) is 0 Å². The fraction of sp³-hybridized carbons (Fsp3) is 1.00. The molecule has 3 atom stereocenters. The van der Waals surface area contributed by atoms with Gasteiger partial charge < -0.3 is 15.2 Å². The molecule has 1 aliphatic heterocycles. The second-order valence-electron chi connectivity index (χ2n) is 4.98. The third-order valence-corrected chi connectivity index (χ3v) is 3.77. The molecule has 0 aromatic carbocycles. The average Bonchev–Trinajstić information content (AvgIpc) is 2.27. The molecule has 1 heterocycles. The van der Waals surface area contributed by atoms with Gasteiger partial charge in [-0.1, -0.05) is 13.8 Å². The topological polar surface area (TPSA) is 41.5 Å². The zero-order valence-electron chi connectivity index (χ0n) is 10.3. The standard InChI is InChI=1S/C12H25NO2/c1-4-12(3,10(2)14)9-13-11-6-5-7-15-8-11/h10-11,13-14H,4-9H2,1-3H3. The van der Waals surface area contributed by atoms with Gasteiger partial charge in [-0.3, -0.25) is 0 Å². The van der Waals surface area contributed by atoms with Crippen LogP contribution in [0.3, 0.4) is 0 Å². The molecule has 1 saturated heterocycles. The maximum Gasteiger partial charge on any atom is 0.0619 e. The van der Waals surface area contributed by atoms with Gasteiger partial charge in [-0.15, -0.1) is 0 Å². The highest BCUT2D eigenvalue weighted by Crippen LogP contribution is 2.25. The van der Waals surface area contributed by atoms with Crippen molar-refractivity contribution < 1.29 is 9.84 Å². The van der Waals surface area contributed by atoms with Gasteiger partial charge in [0, 0.05) is 24.6 Å². The molecule has 1 fully saturated rings. The second-order valence-corrected chi connectivity index (χ2v) is 4.98. The Bertz CT molecular complexity index is 178. The molecule has 1 aliphatic rings. The minimum atomic E-state index is -0.264. The summed E-state index contributed by atoms with van der Waals surface area (Å²) in [5.74, 6) is 0. The van der Waals surface area contributed by atoms with Crippen molar-refractivity contribution in [2.75, 3.05) is 19.8 Å². The molecule has 3 unspecified atom stereocenters. The first-order valence-electron chi connectivity index (χ1n) is 6.07. The summed E-state index contributed by atoms with van der Waals surface area (Å²) in [4.78, 5) is 0. The lowest BCUT2D eigenvalue weighted by atomic mass is 9.82. The minimum Gasteiger partial charge on any atom is -0.393 e. The Morgan fingerprint density at radius 1 is 1.60 bits per heavy atom. The summed E-state index contributed by atoms with van der Waals surface area (Å²) in [6.45, 7) is 8.73. The van der Waals surface area contributed by atoms with Gasteiger partial charge in [-0.05, 0) is 26.2 Å². The second kappa shape index (κ2) is 5.83. The van der Waals surface area contributed by atoms with Gasteiger partial charge in [-0.2, -0.15) is 0 Å². The van der Waals surface area contributed by atoms with E-state index in [4.69, 9.17) is 4.74 Å². The van der Waals surface area contributed by atoms with Gasteiger partial charge in [0.15, 0.2) is 0 Å². The first kappa shape index (κ1) is 12.9. The molecule has 0 radical (unpaired) electrons. The Kier molecular flexibility index (Phi) is 5.03. The number of hydrogen-bond donors (Lipinski definition) is 2. The van der Waals surface area contributed by atoms with Crippen molar-refractivity contribution in [3.05, 3.63) is 0 Å². The lowest BCUT2D eigenvalue weighted by molar-refractivity contribution is 0.0316. The van der Waals surface area contributed by atoms with Crippen LogP contribution >= 0.6 is 0 Å². The van der Waals surface area contributed by atoms with Crippen molar-refractivity contribution >= 4 is 0 Å². The Hall–Kier alpha value is -0.120. The molecule has 3 nitrogen and oxygen atoms in total. The largest absolute Gasteiger partial charge is 0.393 e. The quantitative estimate of drug-likeness (QED) is 0.731. The van der Waals surface area contributed by atoms with Crippen LogP contribution in [-0.2, 0) is 4.74 Å². The molecule has 0 saturated carbocycles. The summed E-state index contributed by atoms with van der Waals surface area (Å²) in [5.41, 5.74) is -0.0164. The summed E-state index contributed by atoms with van der Waals surface area (Å²) >= 11 is 0. The maximum atomic E-state index is 9.73. The molecule has 2 N–H and O–H groups in total. The first-order chi connectivity index (χ1) is 7.08. The van der Waals surface area contributed by atoms with E-state index in [2.05, 4.69) is 19.2 Å². The van der Waals surface area contributed by atoms with Gasteiger partial charge >= 0.3 is 0 Å². The number of nitrogens with one attached hydrogen (secondary N) is 1. The summed E-state index contributed by atoms with van der Waals surface area (Å²) in [6, 6.07) is 0.475. The van der Waals surface area contributed by atoms with Crippen LogP contribution in [-0.4, -0.2) is 37.0 Å². The number of hydrogen-bond acceptors (Lipinski definition) is 3. The molecular weight excluding hydrogens is 190 g/mol. The van der Waals surface area contributed by atoms with Crippen molar-refractivity contribution in [2.24, 2.45) is 5.41 Å². The Balaban J connectivity index is 2.32. The summed E-state index contributed by atoms with van der Waals surface area (Å²) in [5, 5.41) is 13.2. The number of ether oxygens (including phenoxy) is 1. The average molecular weight is 215 g/mol.